The van der Waals surface area contributed by atoms with Gasteiger partial charge < -0.3 is 10.4 Å². The summed E-state index contributed by atoms with van der Waals surface area (Å²) in [5, 5.41) is 13.4. The molecule has 0 fully saturated rings. The molecular formula is C18H21F2NO. The fourth-order valence-corrected chi connectivity index (χ4v) is 2.50. The third-order valence-electron chi connectivity index (χ3n) is 3.69. The summed E-state index contributed by atoms with van der Waals surface area (Å²) in [4.78, 5) is 0. The largest absolute Gasteiger partial charge is 0.387 e. The van der Waals surface area contributed by atoms with E-state index in [2.05, 4.69) is 5.32 Å². The first-order chi connectivity index (χ1) is 10.5. The highest BCUT2D eigenvalue weighted by Gasteiger charge is 2.18. The first-order valence-corrected chi connectivity index (χ1v) is 7.40. The summed E-state index contributed by atoms with van der Waals surface area (Å²) >= 11 is 0. The summed E-state index contributed by atoms with van der Waals surface area (Å²) in [5.74, 6) is -0.449. The molecule has 0 saturated carbocycles. The first kappa shape index (κ1) is 16.6. The van der Waals surface area contributed by atoms with Crippen molar-refractivity contribution in [2.75, 3.05) is 6.54 Å². The van der Waals surface area contributed by atoms with Crippen LogP contribution in [0.5, 0.6) is 0 Å². The second kappa shape index (κ2) is 7.47. The van der Waals surface area contributed by atoms with E-state index in [9.17, 15) is 13.9 Å². The Hall–Kier alpha value is -1.78. The number of hydrogen-bond donors (Lipinski definition) is 2. The third-order valence-corrected chi connectivity index (χ3v) is 3.69. The zero-order valence-electron chi connectivity index (χ0n) is 12.8. The maximum absolute atomic E-state index is 13.7. The molecule has 2 nitrogen and oxygen atoms in total. The van der Waals surface area contributed by atoms with E-state index in [4.69, 9.17) is 0 Å². The molecule has 118 valence electrons. The van der Waals surface area contributed by atoms with Crippen LogP contribution in [-0.4, -0.2) is 11.7 Å². The molecule has 0 bridgehead atoms. The van der Waals surface area contributed by atoms with Crippen LogP contribution < -0.4 is 5.32 Å². The molecule has 0 spiro atoms. The predicted octanol–water partition coefficient (Wildman–Crippen LogP) is 3.99. The van der Waals surface area contributed by atoms with E-state index in [0.717, 1.165) is 5.56 Å². The van der Waals surface area contributed by atoms with Gasteiger partial charge in [0.25, 0.3) is 0 Å². The predicted molar refractivity (Wildman–Crippen MR) is 83.3 cm³/mol. The molecule has 22 heavy (non-hydrogen) atoms. The molecular weight excluding hydrogens is 284 g/mol. The molecule has 0 amide bonds. The van der Waals surface area contributed by atoms with Crippen LogP contribution in [0.1, 0.15) is 37.1 Å². The van der Waals surface area contributed by atoms with Crippen molar-refractivity contribution in [3.8, 4) is 0 Å². The highest BCUT2D eigenvalue weighted by Crippen LogP contribution is 2.23. The molecule has 2 aromatic rings. The van der Waals surface area contributed by atoms with Gasteiger partial charge in [0.15, 0.2) is 0 Å². The van der Waals surface area contributed by atoms with E-state index in [1.165, 1.54) is 18.2 Å². The number of aliphatic hydroxyl groups is 1. The van der Waals surface area contributed by atoms with Crippen molar-refractivity contribution in [1.82, 2.24) is 5.32 Å². The van der Waals surface area contributed by atoms with E-state index < -0.39 is 11.9 Å². The molecule has 4 heteroatoms. The number of nitrogens with one attached hydrogen (secondary N) is 1. The Kier molecular flexibility index (Phi) is 5.63. The maximum atomic E-state index is 13.7. The number of rotatable bonds is 6. The molecule has 0 aliphatic rings. The summed E-state index contributed by atoms with van der Waals surface area (Å²) < 4.78 is 26.7. The lowest BCUT2D eigenvalue weighted by molar-refractivity contribution is 0.161. The molecule has 0 aromatic heterocycles. The van der Waals surface area contributed by atoms with E-state index in [1.54, 1.807) is 30.3 Å². The molecule has 0 saturated heterocycles. The lowest BCUT2D eigenvalue weighted by Crippen LogP contribution is -2.30. The molecule has 2 unspecified atom stereocenters. The average molecular weight is 305 g/mol. The van der Waals surface area contributed by atoms with Crippen molar-refractivity contribution in [1.29, 1.82) is 0 Å². The molecule has 0 aliphatic carbocycles. The van der Waals surface area contributed by atoms with E-state index in [1.807, 2.05) is 13.8 Å². The summed E-state index contributed by atoms with van der Waals surface area (Å²) in [6.45, 7) is 4.30. The van der Waals surface area contributed by atoms with Crippen LogP contribution in [0.3, 0.4) is 0 Å². The fraction of sp³-hybridized carbons (Fsp3) is 0.333. The van der Waals surface area contributed by atoms with Crippen LogP contribution in [0.4, 0.5) is 8.78 Å². The zero-order valence-corrected chi connectivity index (χ0v) is 12.8. The number of halogens is 2. The lowest BCUT2D eigenvalue weighted by atomic mass is 9.95. The minimum absolute atomic E-state index is 0.0398. The van der Waals surface area contributed by atoms with Gasteiger partial charge in [-0.2, -0.15) is 0 Å². The summed E-state index contributed by atoms with van der Waals surface area (Å²) in [6.07, 6.45) is -0.928. The molecule has 0 heterocycles. The van der Waals surface area contributed by atoms with Crippen molar-refractivity contribution in [2.24, 2.45) is 5.92 Å². The van der Waals surface area contributed by atoms with Crippen molar-refractivity contribution in [3.63, 3.8) is 0 Å². The van der Waals surface area contributed by atoms with Crippen LogP contribution in [0, 0.1) is 17.6 Å². The molecule has 2 N–H and O–H groups in total. The molecule has 2 atom stereocenters. The monoisotopic (exact) mass is 305 g/mol. The van der Waals surface area contributed by atoms with Crippen LogP contribution in [0.2, 0.25) is 0 Å². The SMILES string of the molecule is CC(C)C(NCC(O)c1ccccc1F)c1ccc(F)cc1. The second-order valence-corrected chi connectivity index (χ2v) is 5.72. The van der Waals surface area contributed by atoms with Gasteiger partial charge >= 0.3 is 0 Å². The third kappa shape index (κ3) is 4.12. The van der Waals surface area contributed by atoms with Crippen LogP contribution >= 0.6 is 0 Å². The van der Waals surface area contributed by atoms with Crippen molar-refractivity contribution in [2.45, 2.75) is 26.0 Å². The molecule has 2 aromatic carbocycles. The van der Waals surface area contributed by atoms with E-state index >= 15 is 0 Å². The van der Waals surface area contributed by atoms with Crippen LogP contribution in [0.15, 0.2) is 48.5 Å². The average Bonchev–Trinajstić information content (AvgIpc) is 2.49. The minimum Gasteiger partial charge on any atom is -0.387 e. The van der Waals surface area contributed by atoms with E-state index in [0.29, 0.717) is 0 Å². The van der Waals surface area contributed by atoms with Gasteiger partial charge in [-0.05, 0) is 29.7 Å². The fourth-order valence-electron chi connectivity index (χ4n) is 2.50. The standard InChI is InChI=1S/C18H21F2NO/c1-12(2)18(13-7-9-14(19)10-8-13)21-11-17(22)15-5-3-4-6-16(15)20/h3-10,12,17-18,21-22H,11H2,1-2H3. The molecule has 0 aliphatic heterocycles. The van der Waals surface area contributed by atoms with Gasteiger partial charge in [-0.25, -0.2) is 8.78 Å². The second-order valence-electron chi connectivity index (χ2n) is 5.72. The Morgan fingerprint density at radius 1 is 1.00 bits per heavy atom. The van der Waals surface area contributed by atoms with Gasteiger partial charge in [0.2, 0.25) is 0 Å². The van der Waals surface area contributed by atoms with Gasteiger partial charge in [0, 0.05) is 18.2 Å². The first-order valence-electron chi connectivity index (χ1n) is 7.40. The number of benzene rings is 2. The number of aliphatic hydroxyl groups excluding tert-OH is 1. The highest BCUT2D eigenvalue weighted by molar-refractivity contribution is 5.22. The molecule has 0 radical (unpaired) electrons. The summed E-state index contributed by atoms with van der Waals surface area (Å²) in [5.41, 5.74) is 1.22. The quantitative estimate of drug-likeness (QED) is 0.846. The van der Waals surface area contributed by atoms with Crippen molar-refractivity contribution < 1.29 is 13.9 Å². The highest BCUT2D eigenvalue weighted by atomic mass is 19.1. The Labute approximate surface area is 129 Å². The van der Waals surface area contributed by atoms with Gasteiger partial charge in [0.1, 0.15) is 11.6 Å². The van der Waals surface area contributed by atoms with E-state index in [-0.39, 0.29) is 29.9 Å². The van der Waals surface area contributed by atoms with Gasteiger partial charge in [-0.3, -0.25) is 0 Å². The van der Waals surface area contributed by atoms with Gasteiger partial charge in [-0.15, -0.1) is 0 Å². The zero-order chi connectivity index (χ0) is 16.1. The van der Waals surface area contributed by atoms with Crippen molar-refractivity contribution in [3.05, 3.63) is 71.3 Å². The normalized spacial score (nSPS) is 14.1. The Balaban J connectivity index is 2.06. The Morgan fingerprint density at radius 2 is 1.64 bits per heavy atom. The summed E-state index contributed by atoms with van der Waals surface area (Å²) in [6, 6.07) is 12.4. The van der Waals surface area contributed by atoms with Crippen LogP contribution in [-0.2, 0) is 0 Å². The van der Waals surface area contributed by atoms with Crippen molar-refractivity contribution >= 4 is 0 Å². The lowest BCUT2D eigenvalue weighted by Gasteiger charge is -2.25. The topological polar surface area (TPSA) is 32.3 Å². The van der Waals surface area contributed by atoms with Crippen LogP contribution in [0.25, 0.3) is 0 Å². The summed E-state index contributed by atoms with van der Waals surface area (Å²) in [7, 11) is 0. The minimum atomic E-state index is -0.928. The van der Waals surface area contributed by atoms with Gasteiger partial charge in [-0.1, -0.05) is 44.2 Å². The Bertz CT molecular complexity index is 598. The molecule has 2 rings (SSSR count). The smallest absolute Gasteiger partial charge is 0.129 e. The Morgan fingerprint density at radius 3 is 2.23 bits per heavy atom. The van der Waals surface area contributed by atoms with Gasteiger partial charge in [0.05, 0.1) is 6.10 Å². The maximum Gasteiger partial charge on any atom is 0.129 e. The number of hydrogen-bond acceptors (Lipinski definition) is 2.